The average Bonchev–Trinajstić information content (AvgIpc) is 2.17. The Kier molecular flexibility index (Phi) is 6.62. The molecule has 1 atom stereocenters. The van der Waals surface area contributed by atoms with Crippen molar-refractivity contribution in [1.82, 2.24) is 5.32 Å². The fourth-order valence-electron chi connectivity index (χ4n) is 2.26. The SMILES string of the molecule is CCCCC(CC)(CNC(C)(C)C)C(C)C. The lowest BCUT2D eigenvalue weighted by atomic mass is 9.71. The molecule has 1 unspecified atom stereocenters. The molecule has 0 aromatic rings. The summed E-state index contributed by atoms with van der Waals surface area (Å²) in [4.78, 5) is 0. The molecular formula is C15H33N. The van der Waals surface area contributed by atoms with E-state index in [2.05, 4.69) is 53.8 Å². The fraction of sp³-hybridized carbons (Fsp3) is 1.00. The largest absolute Gasteiger partial charge is 0.312 e. The Morgan fingerprint density at radius 3 is 1.94 bits per heavy atom. The van der Waals surface area contributed by atoms with Crippen molar-refractivity contribution < 1.29 is 0 Å². The highest BCUT2D eigenvalue weighted by atomic mass is 15.0. The topological polar surface area (TPSA) is 12.0 Å². The van der Waals surface area contributed by atoms with Gasteiger partial charge < -0.3 is 5.32 Å². The van der Waals surface area contributed by atoms with E-state index in [1.807, 2.05) is 0 Å². The van der Waals surface area contributed by atoms with Gasteiger partial charge in [0.05, 0.1) is 0 Å². The zero-order valence-corrected chi connectivity index (χ0v) is 12.6. The summed E-state index contributed by atoms with van der Waals surface area (Å²) in [6.45, 7) is 17.3. The number of hydrogen-bond acceptors (Lipinski definition) is 1. The molecule has 0 aromatic heterocycles. The van der Waals surface area contributed by atoms with Crippen LogP contribution >= 0.6 is 0 Å². The third-order valence-electron chi connectivity index (χ3n) is 3.93. The maximum Gasteiger partial charge on any atom is 0.00967 e. The summed E-state index contributed by atoms with van der Waals surface area (Å²) in [7, 11) is 0. The van der Waals surface area contributed by atoms with Crippen LogP contribution in [0.2, 0.25) is 0 Å². The van der Waals surface area contributed by atoms with Crippen molar-refractivity contribution in [3.8, 4) is 0 Å². The van der Waals surface area contributed by atoms with E-state index >= 15 is 0 Å². The van der Waals surface area contributed by atoms with Gasteiger partial charge in [-0.1, -0.05) is 40.5 Å². The van der Waals surface area contributed by atoms with Crippen LogP contribution in [0.15, 0.2) is 0 Å². The molecule has 0 saturated heterocycles. The fourth-order valence-corrected chi connectivity index (χ4v) is 2.26. The van der Waals surface area contributed by atoms with Gasteiger partial charge in [0.1, 0.15) is 0 Å². The van der Waals surface area contributed by atoms with E-state index in [1.54, 1.807) is 0 Å². The molecule has 0 aliphatic rings. The summed E-state index contributed by atoms with van der Waals surface area (Å²) < 4.78 is 0. The maximum absolute atomic E-state index is 3.70. The first kappa shape index (κ1) is 16.0. The van der Waals surface area contributed by atoms with E-state index in [4.69, 9.17) is 0 Å². The summed E-state index contributed by atoms with van der Waals surface area (Å²) >= 11 is 0. The van der Waals surface area contributed by atoms with Crippen molar-refractivity contribution in [1.29, 1.82) is 0 Å². The summed E-state index contributed by atoms with van der Waals surface area (Å²) in [5.74, 6) is 0.763. The van der Waals surface area contributed by atoms with E-state index in [0.29, 0.717) is 5.41 Å². The van der Waals surface area contributed by atoms with Gasteiger partial charge >= 0.3 is 0 Å². The van der Waals surface area contributed by atoms with Gasteiger partial charge in [0.2, 0.25) is 0 Å². The van der Waals surface area contributed by atoms with Crippen molar-refractivity contribution in [2.24, 2.45) is 11.3 Å². The molecular weight excluding hydrogens is 194 g/mol. The van der Waals surface area contributed by atoms with Crippen LogP contribution in [0.5, 0.6) is 0 Å². The van der Waals surface area contributed by atoms with E-state index in [9.17, 15) is 0 Å². The number of hydrogen-bond donors (Lipinski definition) is 1. The van der Waals surface area contributed by atoms with Gasteiger partial charge in [0.25, 0.3) is 0 Å². The van der Waals surface area contributed by atoms with E-state index < -0.39 is 0 Å². The van der Waals surface area contributed by atoms with Gasteiger partial charge in [-0.3, -0.25) is 0 Å². The highest BCUT2D eigenvalue weighted by Gasteiger charge is 2.32. The summed E-state index contributed by atoms with van der Waals surface area (Å²) in [6.07, 6.45) is 5.32. The highest BCUT2D eigenvalue weighted by Crippen LogP contribution is 2.36. The minimum atomic E-state index is 0.238. The smallest absolute Gasteiger partial charge is 0.00967 e. The minimum Gasteiger partial charge on any atom is -0.312 e. The molecule has 0 radical (unpaired) electrons. The van der Waals surface area contributed by atoms with Crippen LogP contribution < -0.4 is 5.32 Å². The number of nitrogens with one attached hydrogen (secondary N) is 1. The van der Waals surface area contributed by atoms with Gasteiger partial charge in [-0.15, -0.1) is 0 Å². The summed E-state index contributed by atoms with van der Waals surface area (Å²) in [5, 5.41) is 3.70. The second-order valence-electron chi connectivity index (χ2n) is 6.58. The molecule has 0 rings (SSSR count). The second-order valence-corrected chi connectivity index (χ2v) is 6.58. The van der Waals surface area contributed by atoms with E-state index in [1.165, 1.54) is 25.7 Å². The van der Waals surface area contributed by atoms with E-state index in [0.717, 1.165) is 12.5 Å². The molecule has 0 aromatic carbocycles. The zero-order chi connectivity index (χ0) is 12.8. The van der Waals surface area contributed by atoms with Gasteiger partial charge in [-0.2, -0.15) is 0 Å². The van der Waals surface area contributed by atoms with Crippen LogP contribution in [0.1, 0.15) is 74.1 Å². The first-order valence-electron chi connectivity index (χ1n) is 7.02. The third-order valence-corrected chi connectivity index (χ3v) is 3.93. The van der Waals surface area contributed by atoms with Crippen LogP contribution in [0.25, 0.3) is 0 Å². The van der Waals surface area contributed by atoms with Gasteiger partial charge in [0, 0.05) is 12.1 Å². The predicted octanol–water partition coefficient (Wildman–Crippen LogP) is 4.62. The van der Waals surface area contributed by atoms with Crippen LogP contribution in [-0.2, 0) is 0 Å². The van der Waals surface area contributed by atoms with Gasteiger partial charge in [-0.25, -0.2) is 0 Å². The second kappa shape index (κ2) is 6.64. The third kappa shape index (κ3) is 5.34. The van der Waals surface area contributed by atoms with Crippen LogP contribution in [0, 0.1) is 11.3 Å². The minimum absolute atomic E-state index is 0.238. The molecule has 0 amide bonds. The standard InChI is InChI=1S/C15H33N/c1-8-10-11-15(9-2,13(3)4)12-16-14(5,6)7/h13,16H,8-12H2,1-7H3. The Bertz CT molecular complexity index is 178. The molecule has 0 fully saturated rings. The highest BCUT2D eigenvalue weighted by molar-refractivity contribution is 4.86. The molecule has 1 heteroatoms. The molecule has 0 saturated carbocycles. The zero-order valence-electron chi connectivity index (χ0n) is 12.6. The lowest BCUT2D eigenvalue weighted by Gasteiger charge is -2.40. The molecule has 0 aliphatic heterocycles. The Balaban J connectivity index is 4.51. The molecule has 0 aliphatic carbocycles. The van der Waals surface area contributed by atoms with Crippen molar-refractivity contribution >= 4 is 0 Å². The Morgan fingerprint density at radius 1 is 1.06 bits per heavy atom. The molecule has 16 heavy (non-hydrogen) atoms. The normalized spacial score (nSPS) is 16.5. The monoisotopic (exact) mass is 227 g/mol. The van der Waals surface area contributed by atoms with Crippen molar-refractivity contribution in [2.45, 2.75) is 79.7 Å². The molecule has 98 valence electrons. The average molecular weight is 227 g/mol. The summed E-state index contributed by atoms with van der Waals surface area (Å²) in [6, 6.07) is 0. The quantitative estimate of drug-likeness (QED) is 0.669. The first-order valence-corrected chi connectivity index (χ1v) is 7.02. The molecule has 1 N–H and O–H groups in total. The Hall–Kier alpha value is -0.0400. The van der Waals surface area contributed by atoms with Gasteiger partial charge in [0.15, 0.2) is 0 Å². The van der Waals surface area contributed by atoms with Crippen LogP contribution in [0.4, 0.5) is 0 Å². The summed E-state index contributed by atoms with van der Waals surface area (Å²) in [5.41, 5.74) is 0.727. The maximum atomic E-state index is 3.70. The predicted molar refractivity (Wildman–Crippen MR) is 74.8 cm³/mol. The van der Waals surface area contributed by atoms with Crippen molar-refractivity contribution in [3.63, 3.8) is 0 Å². The van der Waals surface area contributed by atoms with Crippen molar-refractivity contribution in [3.05, 3.63) is 0 Å². The first-order chi connectivity index (χ1) is 7.27. The van der Waals surface area contributed by atoms with Crippen LogP contribution in [-0.4, -0.2) is 12.1 Å². The van der Waals surface area contributed by atoms with Gasteiger partial charge in [-0.05, 0) is 44.9 Å². The molecule has 0 heterocycles. The Labute approximate surface area is 103 Å². The molecule has 0 bridgehead atoms. The number of rotatable bonds is 7. The van der Waals surface area contributed by atoms with Crippen molar-refractivity contribution in [2.75, 3.05) is 6.54 Å². The van der Waals surface area contributed by atoms with E-state index in [-0.39, 0.29) is 5.54 Å². The lowest BCUT2D eigenvalue weighted by molar-refractivity contribution is 0.138. The lowest BCUT2D eigenvalue weighted by Crippen LogP contribution is -2.46. The number of unbranched alkanes of at least 4 members (excludes halogenated alkanes) is 1. The molecule has 1 nitrogen and oxygen atoms in total. The Morgan fingerprint density at radius 2 is 1.62 bits per heavy atom. The van der Waals surface area contributed by atoms with Crippen LogP contribution in [0.3, 0.4) is 0 Å². The molecule has 0 spiro atoms.